The summed E-state index contributed by atoms with van der Waals surface area (Å²) in [6, 6.07) is 27.8. The van der Waals surface area contributed by atoms with Crippen molar-refractivity contribution in [1.82, 2.24) is 9.88 Å². The van der Waals surface area contributed by atoms with Gasteiger partial charge in [0.05, 0.1) is 13.2 Å². The number of hydrogen-bond acceptors (Lipinski definition) is 3. The van der Waals surface area contributed by atoms with E-state index >= 15 is 0 Å². The van der Waals surface area contributed by atoms with Crippen molar-refractivity contribution in [2.45, 2.75) is 18.5 Å². The molecule has 1 aromatic heterocycles. The Labute approximate surface area is 207 Å². The maximum absolute atomic E-state index is 13.2. The van der Waals surface area contributed by atoms with Crippen molar-refractivity contribution in [2.75, 3.05) is 7.11 Å². The van der Waals surface area contributed by atoms with Gasteiger partial charge in [0.2, 0.25) is 0 Å². The zero-order valence-corrected chi connectivity index (χ0v) is 19.6. The number of ether oxygens (including phenoxy) is 1. The van der Waals surface area contributed by atoms with Crippen molar-refractivity contribution in [3.05, 3.63) is 108 Å². The number of carboxylic acids is 1. The quantitative estimate of drug-likeness (QED) is 0.318. The van der Waals surface area contributed by atoms with Crippen LogP contribution in [-0.4, -0.2) is 40.2 Å². The molecule has 0 bridgehead atoms. The van der Waals surface area contributed by atoms with Crippen LogP contribution < -0.4 is 0 Å². The molecule has 1 aliphatic carbocycles. The third-order valence-electron chi connectivity index (χ3n) is 7.08. The van der Waals surface area contributed by atoms with Crippen molar-refractivity contribution < 1.29 is 19.4 Å². The first-order valence-electron chi connectivity index (χ1n) is 11.8. The van der Waals surface area contributed by atoms with E-state index in [9.17, 15) is 14.7 Å². The Morgan fingerprint density at radius 2 is 1.47 bits per heavy atom. The van der Waals surface area contributed by atoms with Crippen LogP contribution in [0, 0.1) is 0 Å². The van der Waals surface area contributed by atoms with Gasteiger partial charge in [-0.1, -0.05) is 72.8 Å². The largest absolute Gasteiger partial charge is 0.480 e. The van der Waals surface area contributed by atoms with Gasteiger partial charge in [-0.15, -0.1) is 0 Å². The van der Waals surface area contributed by atoms with E-state index in [2.05, 4.69) is 4.98 Å². The Hall–Kier alpha value is -4.58. The summed E-state index contributed by atoms with van der Waals surface area (Å²) in [4.78, 5) is 30.7. The number of aliphatic carboxylic acids is 1. The van der Waals surface area contributed by atoms with Crippen molar-refractivity contribution in [3.63, 3.8) is 0 Å². The number of nitrogens with one attached hydrogen (secondary N) is 1. The molecule has 36 heavy (non-hydrogen) atoms. The highest BCUT2D eigenvalue weighted by Gasteiger charge is 2.42. The second-order valence-electron chi connectivity index (χ2n) is 9.06. The van der Waals surface area contributed by atoms with Crippen LogP contribution in [0.3, 0.4) is 0 Å². The number of para-hydroxylation sites is 1. The number of hydrogen-bond donors (Lipinski definition) is 2. The molecule has 1 amide bonds. The van der Waals surface area contributed by atoms with Gasteiger partial charge in [0.1, 0.15) is 6.04 Å². The number of aromatic nitrogens is 1. The van der Waals surface area contributed by atoms with Crippen LogP contribution in [0.2, 0.25) is 0 Å². The summed E-state index contributed by atoms with van der Waals surface area (Å²) in [5.74, 6) is -1.08. The summed E-state index contributed by atoms with van der Waals surface area (Å²) in [5, 5.41) is 12.5. The van der Waals surface area contributed by atoms with Crippen molar-refractivity contribution in [3.8, 4) is 11.1 Å². The average Bonchev–Trinajstić information content (AvgIpc) is 3.44. The highest BCUT2D eigenvalue weighted by molar-refractivity contribution is 6.07. The number of aromatic amines is 1. The normalized spacial score (nSPS) is 13.4. The van der Waals surface area contributed by atoms with Crippen LogP contribution in [0.5, 0.6) is 0 Å². The third kappa shape index (κ3) is 3.41. The molecule has 0 radical (unpaired) electrons. The van der Waals surface area contributed by atoms with Crippen LogP contribution in [0.1, 0.15) is 22.7 Å². The maximum atomic E-state index is 13.2. The smallest absolute Gasteiger partial charge is 0.411 e. The summed E-state index contributed by atoms with van der Waals surface area (Å²) < 4.78 is 5.16. The molecule has 1 unspecified atom stereocenters. The molecule has 2 N–H and O–H groups in total. The van der Waals surface area contributed by atoms with E-state index < -0.39 is 24.1 Å². The Kier molecular flexibility index (Phi) is 5.22. The molecule has 5 aromatic rings. The highest BCUT2D eigenvalue weighted by atomic mass is 16.5. The zero-order valence-electron chi connectivity index (χ0n) is 19.6. The minimum absolute atomic E-state index is 0.140. The minimum atomic E-state index is -1.13. The van der Waals surface area contributed by atoms with E-state index in [0.717, 1.165) is 49.6 Å². The standard InChI is InChI=1S/C30H24N2O4/c1-36-30(35)32(28-22-11-4-2-8-19(22)20-9-3-5-12-23(20)28)27(29(33)34)17-18-14-15-26-24(16-18)21-10-6-7-13-25(21)31-26/h2-16,27-28,31H,17H2,1H3,(H,33,34). The summed E-state index contributed by atoms with van der Waals surface area (Å²) in [5.41, 5.74) is 6.61. The fourth-order valence-electron chi connectivity index (χ4n) is 5.50. The van der Waals surface area contributed by atoms with Gasteiger partial charge in [-0.3, -0.25) is 4.90 Å². The van der Waals surface area contributed by atoms with Gasteiger partial charge in [-0.05, 0) is 46.0 Å². The second-order valence-corrected chi connectivity index (χ2v) is 9.06. The number of methoxy groups -OCH3 is 1. The molecule has 6 nitrogen and oxygen atoms in total. The maximum Gasteiger partial charge on any atom is 0.411 e. The third-order valence-corrected chi connectivity index (χ3v) is 7.08. The first-order chi connectivity index (χ1) is 17.6. The molecule has 0 spiro atoms. The predicted molar refractivity (Wildman–Crippen MR) is 139 cm³/mol. The highest BCUT2D eigenvalue weighted by Crippen LogP contribution is 2.47. The number of carbonyl (C=O) groups excluding carboxylic acids is 1. The number of carbonyl (C=O) groups is 2. The van der Waals surface area contributed by atoms with Crippen LogP contribution >= 0.6 is 0 Å². The van der Waals surface area contributed by atoms with Crippen LogP contribution in [0.15, 0.2) is 91.0 Å². The topological polar surface area (TPSA) is 82.6 Å². The summed E-state index contributed by atoms with van der Waals surface area (Å²) in [6.45, 7) is 0. The molecule has 0 saturated carbocycles. The second kappa shape index (κ2) is 8.57. The lowest BCUT2D eigenvalue weighted by Gasteiger charge is -2.34. The summed E-state index contributed by atoms with van der Waals surface area (Å²) in [7, 11) is 1.29. The fourth-order valence-corrected chi connectivity index (χ4v) is 5.50. The first-order valence-corrected chi connectivity index (χ1v) is 11.8. The van der Waals surface area contributed by atoms with E-state index in [1.807, 2.05) is 91.0 Å². The summed E-state index contributed by atoms with van der Waals surface area (Å²) >= 11 is 0. The van der Waals surface area contributed by atoms with E-state index in [0.29, 0.717) is 0 Å². The SMILES string of the molecule is COC(=O)N(C(Cc1ccc2[nH]c3ccccc3c2c1)C(=O)O)C1c2ccccc2-c2ccccc21. The fraction of sp³-hybridized carbons (Fsp3) is 0.133. The molecule has 0 aliphatic heterocycles. The van der Waals surface area contributed by atoms with Gasteiger partial charge in [-0.25, -0.2) is 9.59 Å². The molecule has 1 heterocycles. The molecule has 178 valence electrons. The lowest BCUT2D eigenvalue weighted by atomic mass is 9.97. The van der Waals surface area contributed by atoms with E-state index in [-0.39, 0.29) is 6.42 Å². The monoisotopic (exact) mass is 476 g/mol. The molecule has 0 fully saturated rings. The molecule has 1 atom stereocenters. The van der Waals surface area contributed by atoms with Crippen LogP contribution in [-0.2, 0) is 16.0 Å². The predicted octanol–water partition coefficient (Wildman–Crippen LogP) is 6.16. The minimum Gasteiger partial charge on any atom is -0.480 e. The van der Waals surface area contributed by atoms with Gasteiger partial charge in [0.15, 0.2) is 0 Å². The molecule has 1 aliphatic rings. The van der Waals surface area contributed by atoms with E-state index in [4.69, 9.17) is 4.74 Å². The number of rotatable bonds is 5. The Bertz CT molecular complexity index is 1590. The van der Waals surface area contributed by atoms with Crippen LogP contribution in [0.4, 0.5) is 4.79 Å². The first kappa shape index (κ1) is 21.9. The number of benzene rings is 4. The molecule has 6 heteroatoms. The Morgan fingerprint density at radius 3 is 2.14 bits per heavy atom. The van der Waals surface area contributed by atoms with Gasteiger partial charge in [0.25, 0.3) is 0 Å². The lowest BCUT2D eigenvalue weighted by molar-refractivity contribution is -0.143. The van der Waals surface area contributed by atoms with Crippen LogP contribution in [0.25, 0.3) is 32.9 Å². The number of fused-ring (bicyclic) bond motifs is 6. The van der Waals surface area contributed by atoms with Crippen molar-refractivity contribution >= 4 is 33.9 Å². The molecular weight excluding hydrogens is 452 g/mol. The van der Waals surface area contributed by atoms with Gasteiger partial charge in [-0.2, -0.15) is 0 Å². The van der Waals surface area contributed by atoms with E-state index in [1.54, 1.807) is 0 Å². The van der Waals surface area contributed by atoms with Gasteiger partial charge >= 0.3 is 12.1 Å². The van der Waals surface area contributed by atoms with Gasteiger partial charge < -0.3 is 14.8 Å². The number of H-pyrrole nitrogens is 1. The number of carboxylic acid groups (broad SMARTS) is 1. The van der Waals surface area contributed by atoms with Crippen molar-refractivity contribution in [2.24, 2.45) is 0 Å². The Balaban J connectivity index is 1.46. The molecule has 6 rings (SSSR count). The number of amides is 1. The molecular formula is C30H24N2O4. The number of nitrogens with zero attached hydrogens (tertiary/aromatic N) is 1. The average molecular weight is 477 g/mol. The summed E-state index contributed by atoms with van der Waals surface area (Å²) in [6.07, 6.45) is -0.534. The zero-order chi connectivity index (χ0) is 24.8. The molecule has 4 aromatic carbocycles. The lowest BCUT2D eigenvalue weighted by Crippen LogP contribution is -2.48. The van der Waals surface area contributed by atoms with Gasteiger partial charge in [0, 0.05) is 28.2 Å². The van der Waals surface area contributed by atoms with Crippen molar-refractivity contribution in [1.29, 1.82) is 0 Å². The van der Waals surface area contributed by atoms with E-state index in [1.165, 1.54) is 12.0 Å². The molecule has 0 saturated heterocycles. The Morgan fingerprint density at radius 1 is 0.861 bits per heavy atom.